The van der Waals surface area contributed by atoms with Gasteiger partial charge in [0.25, 0.3) is 0 Å². The van der Waals surface area contributed by atoms with Gasteiger partial charge in [-0.3, -0.25) is 14.7 Å². The van der Waals surface area contributed by atoms with Crippen LogP contribution in [0.1, 0.15) is 101 Å². The number of halogens is 1. The van der Waals surface area contributed by atoms with Gasteiger partial charge in [-0.2, -0.15) is 0 Å². The number of aliphatic hydroxyl groups is 5. The first-order chi connectivity index (χ1) is 30.8. The monoisotopic (exact) mass is 953 g/mol. The van der Waals surface area contributed by atoms with Crippen LogP contribution in [-0.2, 0) is 33.2 Å². The van der Waals surface area contributed by atoms with E-state index in [2.05, 4.69) is 15.2 Å². The molecule has 0 unspecified atom stereocenters. The minimum Gasteiger partial charge on any atom is -0.459 e. The summed E-state index contributed by atoms with van der Waals surface area (Å²) in [6.07, 6.45) is -6.36. The van der Waals surface area contributed by atoms with E-state index in [1.54, 1.807) is 40.8 Å². The molecule has 0 amide bonds. The molecule has 2 aromatic rings. The van der Waals surface area contributed by atoms with E-state index in [0.29, 0.717) is 37.5 Å². The molecule has 18 atom stereocenters. The van der Waals surface area contributed by atoms with Crippen LogP contribution in [0.15, 0.2) is 30.5 Å². The topological polar surface area (TPSA) is 205 Å². The summed E-state index contributed by atoms with van der Waals surface area (Å²) in [6.45, 7) is 19.2. The molecule has 5 rings (SSSR count). The Bertz CT molecular complexity index is 1880. The van der Waals surface area contributed by atoms with E-state index in [9.17, 15) is 30.3 Å². The molecular formula is C49H81ClN4O12. The zero-order valence-electron chi connectivity index (χ0n) is 41.5. The first-order valence-electron chi connectivity index (χ1n) is 23.9. The maximum absolute atomic E-state index is 14.6. The first kappa shape index (κ1) is 54.6. The molecule has 17 heteroatoms. The van der Waals surface area contributed by atoms with Crippen LogP contribution in [-0.4, -0.2) is 177 Å². The molecule has 376 valence electrons. The summed E-state index contributed by atoms with van der Waals surface area (Å²) in [5.41, 5.74) is -2.88. The standard InChI is InChI=1S/C49H81ClN4O12/c1-14-38-49(10,60)42(56)31(6)54(21-15-19-51-35-18-20-52-36-23-33(50)16-17-34(35)36)26-27(2)24-47(8,59)44(66-46-40(55)37(53(11)12)22-28(3)62-46)29(4)41(30(5)45(58)64-38)65-39-25-48(9,61-13)43(57)32(7)63-39/h16-18,20,23,27-32,37-44,46,55-57,59-60H,14-15,19,21-22,24-26H2,1-13H3,(H,51,52)/t27-,28-,29+,30-,31-,32+,37+,38-,39+,40-,41+,42-,43+,44-,46+,47-,48-,49-/m1/s1. The molecule has 16 nitrogen and oxygen atoms in total. The van der Waals surface area contributed by atoms with Gasteiger partial charge in [-0.1, -0.05) is 32.4 Å². The number of hydrogen-bond donors (Lipinski definition) is 6. The van der Waals surface area contributed by atoms with Crippen molar-refractivity contribution < 1.29 is 58.7 Å². The van der Waals surface area contributed by atoms with Gasteiger partial charge in [0.2, 0.25) is 0 Å². The van der Waals surface area contributed by atoms with Crippen molar-refractivity contribution in [1.82, 2.24) is 14.8 Å². The second-order valence-electron chi connectivity index (χ2n) is 20.5. The van der Waals surface area contributed by atoms with Crippen molar-refractivity contribution in [3.8, 4) is 0 Å². The molecule has 4 heterocycles. The Kier molecular flexibility index (Phi) is 18.7. The van der Waals surface area contributed by atoms with Gasteiger partial charge in [0, 0.05) is 73.5 Å². The van der Waals surface area contributed by atoms with Gasteiger partial charge >= 0.3 is 5.97 Å². The normalized spacial score (nSPS) is 41.6. The van der Waals surface area contributed by atoms with E-state index >= 15 is 0 Å². The molecule has 0 bridgehead atoms. The summed E-state index contributed by atoms with van der Waals surface area (Å²) in [5, 5.41) is 65.1. The Morgan fingerprint density at radius 3 is 2.33 bits per heavy atom. The second kappa shape index (κ2) is 22.6. The molecule has 3 aliphatic heterocycles. The zero-order chi connectivity index (χ0) is 49.1. The van der Waals surface area contributed by atoms with Gasteiger partial charge in [-0.05, 0) is 118 Å². The molecule has 1 aromatic carbocycles. The van der Waals surface area contributed by atoms with Crippen molar-refractivity contribution in [2.75, 3.05) is 46.2 Å². The number of fused-ring (bicyclic) bond motifs is 1. The quantitative estimate of drug-likeness (QED) is 0.123. The van der Waals surface area contributed by atoms with Crippen molar-refractivity contribution in [2.45, 2.75) is 192 Å². The number of benzene rings is 1. The Morgan fingerprint density at radius 2 is 1.68 bits per heavy atom. The van der Waals surface area contributed by atoms with Crippen LogP contribution in [0, 0.1) is 17.8 Å². The van der Waals surface area contributed by atoms with Crippen LogP contribution in [0.2, 0.25) is 5.02 Å². The number of pyridine rings is 1. The summed E-state index contributed by atoms with van der Waals surface area (Å²) in [4.78, 5) is 23.1. The van der Waals surface area contributed by atoms with Crippen molar-refractivity contribution in [2.24, 2.45) is 17.8 Å². The Morgan fingerprint density at radius 1 is 0.985 bits per heavy atom. The van der Waals surface area contributed by atoms with Crippen molar-refractivity contribution in [3.63, 3.8) is 0 Å². The fraction of sp³-hybridized carbons (Fsp3) is 0.796. The number of nitrogens with one attached hydrogen (secondary N) is 1. The Hall–Kier alpha value is -2.29. The molecule has 0 spiro atoms. The average Bonchev–Trinajstić information content (AvgIpc) is 3.25. The van der Waals surface area contributed by atoms with E-state index in [4.69, 9.17) is 40.0 Å². The lowest BCUT2D eigenvalue weighted by atomic mass is 9.77. The molecule has 3 saturated heterocycles. The molecule has 66 heavy (non-hydrogen) atoms. The fourth-order valence-electron chi connectivity index (χ4n) is 10.7. The third kappa shape index (κ3) is 12.5. The highest BCUT2D eigenvalue weighted by molar-refractivity contribution is 6.31. The van der Waals surface area contributed by atoms with E-state index in [1.807, 2.05) is 71.0 Å². The number of carbonyl (C=O) groups excluding carboxylic acids is 1. The van der Waals surface area contributed by atoms with E-state index in [-0.39, 0.29) is 37.3 Å². The van der Waals surface area contributed by atoms with Crippen molar-refractivity contribution in [3.05, 3.63) is 35.5 Å². The number of aliphatic hydroxyl groups excluding tert-OH is 3. The second-order valence-corrected chi connectivity index (χ2v) is 21.0. The average molecular weight is 954 g/mol. The number of methoxy groups -OCH3 is 1. The van der Waals surface area contributed by atoms with Gasteiger partial charge in [0.05, 0.1) is 47.1 Å². The van der Waals surface area contributed by atoms with E-state index in [0.717, 1.165) is 16.6 Å². The van der Waals surface area contributed by atoms with E-state index in [1.165, 1.54) is 14.0 Å². The number of hydrogen-bond acceptors (Lipinski definition) is 16. The lowest BCUT2D eigenvalue weighted by molar-refractivity contribution is -0.318. The highest BCUT2D eigenvalue weighted by atomic mass is 35.5. The molecule has 0 aliphatic carbocycles. The van der Waals surface area contributed by atoms with Crippen molar-refractivity contribution in [1.29, 1.82) is 0 Å². The van der Waals surface area contributed by atoms with Crippen LogP contribution in [0.5, 0.6) is 0 Å². The highest BCUT2D eigenvalue weighted by Crippen LogP contribution is 2.40. The smallest absolute Gasteiger partial charge is 0.311 e. The van der Waals surface area contributed by atoms with Gasteiger partial charge < -0.3 is 64.2 Å². The number of ether oxygens (including phenoxy) is 6. The summed E-state index contributed by atoms with van der Waals surface area (Å²) >= 11 is 6.24. The number of likely N-dealkylation sites (N-methyl/N-ethyl adjacent to an activating group) is 1. The summed E-state index contributed by atoms with van der Waals surface area (Å²) < 4.78 is 38.2. The summed E-state index contributed by atoms with van der Waals surface area (Å²) in [6, 6.07) is 6.57. The Balaban J connectivity index is 1.53. The molecule has 3 aliphatic rings. The molecule has 3 fully saturated rings. The summed E-state index contributed by atoms with van der Waals surface area (Å²) in [7, 11) is 5.29. The zero-order valence-corrected chi connectivity index (χ0v) is 42.3. The first-order valence-corrected chi connectivity index (χ1v) is 24.3. The largest absolute Gasteiger partial charge is 0.459 e. The van der Waals surface area contributed by atoms with Gasteiger partial charge in [0.15, 0.2) is 12.6 Å². The molecule has 1 aromatic heterocycles. The fourth-order valence-corrected chi connectivity index (χ4v) is 10.8. The predicted molar refractivity (Wildman–Crippen MR) is 253 cm³/mol. The van der Waals surface area contributed by atoms with Gasteiger partial charge in [0.1, 0.15) is 30.0 Å². The number of carbonyl (C=O) groups is 1. The third-order valence-electron chi connectivity index (χ3n) is 14.7. The molecule has 6 N–H and O–H groups in total. The highest BCUT2D eigenvalue weighted by Gasteiger charge is 2.53. The number of aromatic nitrogens is 1. The number of rotatable bonds is 12. The van der Waals surface area contributed by atoms with Crippen LogP contribution in [0.25, 0.3) is 10.9 Å². The number of anilines is 1. The molecule has 0 radical (unpaired) electrons. The Labute approximate surface area is 397 Å². The van der Waals surface area contributed by atoms with Crippen molar-refractivity contribution >= 4 is 34.2 Å². The number of nitrogens with zero attached hydrogens (tertiary/aromatic N) is 3. The van der Waals surface area contributed by atoms with Gasteiger partial charge in [-0.25, -0.2) is 0 Å². The van der Waals surface area contributed by atoms with Crippen LogP contribution in [0.3, 0.4) is 0 Å². The van der Waals surface area contributed by atoms with Gasteiger partial charge in [-0.15, -0.1) is 0 Å². The lowest BCUT2D eigenvalue weighted by Gasteiger charge is -2.48. The van der Waals surface area contributed by atoms with Crippen LogP contribution < -0.4 is 5.32 Å². The predicted octanol–water partition coefficient (Wildman–Crippen LogP) is 4.97. The summed E-state index contributed by atoms with van der Waals surface area (Å²) in [5.74, 6) is -2.77. The van der Waals surface area contributed by atoms with Crippen LogP contribution >= 0.6 is 11.6 Å². The minimum absolute atomic E-state index is 0.112. The number of cyclic esters (lactones) is 1. The maximum atomic E-state index is 14.6. The number of esters is 1. The minimum atomic E-state index is -1.88. The van der Waals surface area contributed by atoms with Crippen LogP contribution in [0.4, 0.5) is 5.69 Å². The lowest BCUT2D eigenvalue weighted by Crippen LogP contribution is -2.60. The molecular weight excluding hydrogens is 872 g/mol. The van der Waals surface area contributed by atoms with E-state index < -0.39 is 96.0 Å². The SMILES string of the molecule is CC[C@H]1OC(=O)[C@H](C)[C@@H](O[C@H]2C[C@@](C)(OC)[C@@H](O)[C@H](C)O2)[C@H](C)[C@@H](O[C@@H]2O[C@H](C)C[C@H](N(C)C)[C@H]2O)[C@](C)(O)C[C@@H](C)CN(CCCNc2ccnc3cc(Cl)ccc23)[C@H](C)[C@@H](O)[C@]1(C)O. The third-order valence-corrected chi connectivity index (χ3v) is 14.9. The molecule has 0 saturated carbocycles. The maximum Gasteiger partial charge on any atom is 0.311 e.